The third kappa shape index (κ3) is 3.67. The van der Waals surface area contributed by atoms with Gasteiger partial charge in [0, 0.05) is 18.7 Å². The van der Waals surface area contributed by atoms with Crippen molar-refractivity contribution >= 4 is 0 Å². The number of benzene rings is 2. The molecule has 0 fully saturated rings. The van der Waals surface area contributed by atoms with Crippen molar-refractivity contribution in [1.29, 1.82) is 0 Å². The molecule has 2 aromatic carbocycles. The summed E-state index contributed by atoms with van der Waals surface area (Å²) in [7, 11) is 0. The van der Waals surface area contributed by atoms with Crippen LogP contribution in [0.1, 0.15) is 18.1 Å². The first-order valence-electron chi connectivity index (χ1n) is 7.73. The number of rotatable bonds is 6. The summed E-state index contributed by atoms with van der Waals surface area (Å²) in [6, 6.07) is 19.8. The molecule has 0 saturated carbocycles. The molecule has 1 atom stereocenters. The Hall–Kier alpha value is -2.43. The smallest absolute Gasteiger partial charge is 0.0992 e. The molecule has 3 aromatic rings. The second-order valence-electron chi connectivity index (χ2n) is 5.88. The van der Waals surface area contributed by atoms with Crippen molar-refractivity contribution in [1.82, 2.24) is 15.5 Å². The molecule has 0 radical (unpaired) electrons. The van der Waals surface area contributed by atoms with E-state index < -0.39 is 5.60 Å². The minimum absolute atomic E-state index is 0.469. The summed E-state index contributed by atoms with van der Waals surface area (Å²) in [6.07, 6.45) is 1.83. The number of aliphatic hydroxyl groups is 1. The van der Waals surface area contributed by atoms with Crippen LogP contribution in [-0.2, 0) is 12.1 Å². The molecular weight excluding hydrogens is 286 g/mol. The van der Waals surface area contributed by atoms with E-state index in [1.165, 1.54) is 0 Å². The number of hydrogen-bond donors (Lipinski definition) is 3. The fraction of sp³-hybridized carbons (Fsp3) is 0.211. The average molecular weight is 307 g/mol. The Bertz CT molecular complexity index is 736. The normalized spacial score (nSPS) is 13.7. The summed E-state index contributed by atoms with van der Waals surface area (Å²) in [4.78, 5) is 0. The van der Waals surface area contributed by atoms with E-state index in [1.807, 2.05) is 61.7 Å². The molecular formula is C19H21N3O. The number of nitrogens with one attached hydrogen (secondary N) is 2. The van der Waals surface area contributed by atoms with Crippen molar-refractivity contribution in [3.05, 3.63) is 78.0 Å². The van der Waals surface area contributed by atoms with E-state index in [1.54, 1.807) is 0 Å². The van der Waals surface area contributed by atoms with Gasteiger partial charge in [-0.05, 0) is 18.1 Å². The molecule has 3 rings (SSSR count). The zero-order valence-electron chi connectivity index (χ0n) is 13.2. The summed E-state index contributed by atoms with van der Waals surface area (Å²) in [5, 5.41) is 21.1. The molecule has 1 aromatic heterocycles. The van der Waals surface area contributed by atoms with Crippen LogP contribution >= 0.6 is 0 Å². The van der Waals surface area contributed by atoms with Gasteiger partial charge in [-0.25, -0.2) is 0 Å². The van der Waals surface area contributed by atoms with Crippen molar-refractivity contribution in [3.63, 3.8) is 0 Å². The summed E-state index contributed by atoms with van der Waals surface area (Å²) >= 11 is 0. The Morgan fingerprint density at radius 3 is 2.39 bits per heavy atom. The zero-order chi connectivity index (χ0) is 16.1. The van der Waals surface area contributed by atoms with Crippen LogP contribution in [0.3, 0.4) is 0 Å². The number of aromatic nitrogens is 2. The van der Waals surface area contributed by atoms with Crippen LogP contribution in [0.2, 0.25) is 0 Å². The van der Waals surface area contributed by atoms with Gasteiger partial charge in [0.15, 0.2) is 0 Å². The Morgan fingerprint density at radius 1 is 1.04 bits per heavy atom. The van der Waals surface area contributed by atoms with Gasteiger partial charge < -0.3 is 10.4 Å². The molecule has 0 aliphatic rings. The van der Waals surface area contributed by atoms with E-state index in [2.05, 4.69) is 27.6 Å². The predicted molar refractivity (Wildman–Crippen MR) is 91.7 cm³/mol. The SMILES string of the molecule is CC(O)(CNCc1cn[nH]c1-c1ccccc1)c1ccccc1. The summed E-state index contributed by atoms with van der Waals surface area (Å²) in [6.45, 7) is 2.93. The Morgan fingerprint density at radius 2 is 1.70 bits per heavy atom. The van der Waals surface area contributed by atoms with Gasteiger partial charge >= 0.3 is 0 Å². The molecule has 4 heteroatoms. The summed E-state index contributed by atoms with van der Waals surface area (Å²) < 4.78 is 0. The summed E-state index contributed by atoms with van der Waals surface area (Å²) in [5.41, 5.74) is 3.20. The zero-order valence-corrected chi connectivity index (χ0v) is 13.2. The van der Waals surface area contributed by atoms with Crippen LogP contribution in [0.25, 0.3) is 11.3 Å². The second-order valence-corrected chi connectivity index (χ2v) is 5.88. The van der Waals surface area contributed by atoms with Crippen molar-refractivity contribution in [2.45, 2.75) is 19.1 Å². The van der Waals surface area contributed by atoms with Gasteiger partial charge in [-0.2, -0.15) is 5.10 Å². The monoisotopic (exact) mass is 307 g/mol. The number of hydrogen-bond acceptors (Lipinski definition) is 3. The lowest BCUT2D eigenvalue weighted by atomic mass is 9.96. The van der Waals surface area contributed by atoms with Crippen molar-refractivity contribution < 1.29 is 5.11 Å². The van der Waals surface area contributed by atoms with Gasteiger partial charge in [0.1, 0.15) is 0 Å². The average Bonchev–Trinajstić information content (AvgIpc) is 3.05. The number of aromatic amines is 1. The lowest BCUT2D eigenvalue weighted by Gasteiger charge is -2.24. The lowest BCUT2D eigenvalue weighted by Crippen LogP contribution is -2.35. The molecule has 3 N–H and O–H groups in total. The Balaban J connectivity index is 1.65. The quantitative estimate of drug-likeness (QED) is 0.656. The van der Waals surface area contributed by atoms with E-state index >= 15 is 0 Å². The van der Waals surface area contributed by atoms with Gasteiger partial charge in [0.2, 0.25) is 0 Å². The first-order valence-corrected chi connectivity index (χ1v) is 7.73. The van der Waals surface area contributed by atoms with E-state index in [4.69, 9.17) is 0 Å². The fourth-order valence-electron chi connectivity index (χ4n) is 2.64. The maximum Gasteiger partial charge on any atom is 0.0992 e. The topological polar surface area (TPSA) is 60.9 Å². The maximum absolute atomic E-state index is 10.6. The molecule has 1 heterocycles. The second kappa shape index (κ2) is 6.77. The standard InChI is InChI=1S/C19H21N3O/c1-19(23,17-10-6-3-7-11-17)14-20-12-16-13-21-22-18(16)15-8-4-2-5-9-15/h2-11,13,20,23H,12,14H2,1H3,(H,21,22). The Kier molecular flexibility index (Phi) is 4.55. The van der Waals surface area contributed by atoms with Crippen LogP contribution in [0.4, 0.5) is 0 Å². The highest BCUT2D eigenvalue weighted by Crippen LogP contribution is 2.22. The van der Waals surface area contributed by atoms with E-state index in [0.29, 0.717) is 13.1 Å². The first-order chi connectivity index (χ1) is 11.2. The molecule has 0 aliphatic carbocycles. The van der Waals surface area contributed by atoms with Crippen molar-refractivity contribution in [2.75, 3.05) is 6.54 Å². The third-order valence-electron chi connectivity index (χ3n) is 3.96. The van der Waals surface area contributed by atoms with Crippen LogP contribution < -0.4 is 5.32 Å². The van der Waals surface area contributed by atoms with Gasteiger partial charge in [-0.1, -0.05) is 60.7 Å². The minimum Gasteiger partial charge on any atom is -0.384 e. The van der Waals surface area contributed by atoms with Gasteiger partial charge in [0.05, 0.1) is 17.5 Å². The van der Waals surface area contributed by atoms with Crippen molar-refractivity contribution in [2.24, 2.45) is 0 Å². The van der Waals surface area contributed by atoms with Crippen LogP contribution in [-0.4, -0.2) is 21.8 Å². The summed E-state index contributed by atoms with van der Waals surface area (Å²) in [5.74, 6) is 0. The fourth-order valence-corrected chi connectivity index (χ4v) is 2.64. The van der Waals surface area contributed by atoms with Crippen LogP contribution in [0.15, 0.2) is 66.9 Å². The van der Waals surface area contributed by atoms with Gasteiger partial charge in [0.25, 0.3) is 0 Å². The Labute approximate surface area is 136 Å². The molecule has 4 nitrogen and oxygen atoms in total. The molecule has 23 heavy (non-hydrogen) atoms. The predicted octanol–water partition coefficient (Wildman–Crippen LogP) is 3.07. The molecule has 118 valence electrons. The molecule has 0 bridgehead atoms. The highest BCUT2D eigenvalue weighted by molar-refractivity contribution is 5.62. The molecule has 0 saturated heterocycles. The number of nitrogens with zero attached hydrogens (tertiary/aromatic N) is 1. The third-order valence-corrected chi connectivity index (χ3v) is 3.96. The van der Waals surface area contributed by atoms with E-state index in [9.17, 15) is 5.11 Å². The van der Waals surface area contributed by atoms with Crippen molar-refractivity contribution in [3.8, 4) is 11.3 Å². The largest absolute Gasteiger partial charge is 0.384 e. The molecule has 0 amide bonds. The van der Waals surface area contributed by atoms with Gasteiger partial charge in [-0.15, -0.1) is 0 Å². The highest BCUT2D eigenvalue weighted by Gasteiger charge is 2.22. The van der Waals surface area contributed by atoms with Crippen LogP contribution in [0, 0.1) is 0 Å². The van der Waals surface area contributed by atoms with E-state index in [-0.39, 0.29) is 0 Å². The molecule has 0 aliphatic heterocycles. The molecule has 0 spiro atoms. The van der Waals surface area contributed by atoms with Crippen LogP contribution in [0.5, 0.6) is 0 Å². The first kappa shape index (κ1) is 15.5. The lowest BCUT2D eigenvalue weighted by molar-refractivity contribution is 0.0567. The number of H-pyrrole nitrogens is 1. The highest BCUT2D eigenvalue weighted by atomic mass is 16.3. The van der Waals surface area contributed by atoms with E-state index in [0.717, 1.165) is 22.4 Å². The molecule has 1 unspecified atom stereocenters. The maximum atomic E-state index is 10.6. The van der Waals surface area contributed by atoms with Gasteiger partial charge in [-0.3, -0.25) is 5.10 Å². The minimum atomic E-state index is -0.905.